The monoisotopic (exact) mass is 392 g/mol. The first-order valence-electron chi connectivity index (χ1n) is 7.40. The summed E-state index contributed by atoms with van der Waals surface area (Å²) in [5.41, 5.74) is 0.869. The van der Waals surface area contributed by atoms with Gasteiger partial charge in [-0.25, -0.2) is 9.37 Å². The molecule has 3 rings (SSSR count). The number of amides is 1. The van der Waals surface area contributed by atoms with Crippen molar-refractivity contribution in [2.24, 2.45) is 0 Å². The van der Waals surface area contributed by atoms with Gasteiger partial charge in [-0.05, 0) is 31.2 Å². The number of thioether (sulfide) groups is 1. The smallest absolute Gasteiger partial charge is 0.255 e. The fourth-order valence-electron chi connectivity index (χ4n) is 1.99. The van der Waals surface area contributed by atoms with Gasteiger partial charge in [0.05, 0.1) is 17.0 Å². The number of H-pyrrole nitrogens is 1. The summed E-state index contributed by atoms with van der Waals surface area (Å²) in [5.74, 6) is -1.07. The molecule has 0 spiro atoms. The van der Waals surface area contributed by atoms with Gasteiger partial charge in [0.25, 0.3) is 5.56 Å². The van der Waals surface area contributed by atoms with Gasteiger partial charge in [-0.3, -0.25) is 9.59 Å². The Hall–Kier alpha value is -2.72. The van der Waals surface area contributed by atoms with E-state index in [4.69, 9.17) is 0 Å². The van der Waals surface area contributed by atoms with Gasteiger partial charge in [0.1, 0.15) is 5.82 Å². The van der Waals surface area contributed by atoms with Crippen molar-refractivity contribution in [2.75, 3.05) is 5.32 Å². The van der Waals surface area contributed by atoms with Crippen LogP contribution in [0.4, 0.5) is 9.52 Å². The predicted octanol–water partition coefficient (Wildman–Crippen LogP) is 2.86. The van der Waals surface area contributed by atoms with Crippen LogP contribution in [0.5, 0.6) is 5.88 Å². The molecule has 1 unspecified atom stereocenters. The molecule has 2 heterocycles. The summed E-state index contributed by atoms with van der Waals surface area (Å²) in [7, 11) is 0. The molecule has 0 radical (unpaired) electrons. The number of thiazole rings is 1. The van der Waals surface area contributed by atoms with Crippen molar-refractivity contribution < 1.29 is 14.3 Å². The highest BCUT2D eigenvalue weighted by Crippen LogP contribution is 2.26. The molecule has 3 aromatic rings. The molecule has 1 aromatic carbocycles. The van der Waals surface area contributed by atoms with E-state index < -0.39 is 16.7 Å². The Kier molecular flexibility index (Phi) is 5.33. The molecule has 0 saturated heterocycles. The second kappa shape index (κ2) is 7.67. The Morgan fingerprint density at radius 1 is 1.35 bits per heavy atom. The first kappa shape index (κ1) is 18.1. The number of benzene rings is 1. The van der Waals surface area contributed by atoms with E-state index >= 15 is 0 Å². The summed E-state index contributed by atoms with van der Waals surface area (Å²) in [5, 5.41) is 13.7. The molecule has 10 heteroatoms. The molecular weight excluding hydrogens is 379 g/mol. The number of hydrogen-bond donors (Lipinski definition) is 3. The predicted molar refractivity (Wildman–Crippen MR) is 98.0 cm³/mol. The number of halogens is 1. The Morgan fingerprint density at radius 3 is 2.77 bits per heavy atom. The van der Waals surface area contributed by atoms with Crippen LogP contribution in [0.25, 0.3) is 11.3 Å². The zero-order valence-electron chi connectivity index (χ0n) is 13.4. The average molecular weight is 392 g/mol. The van der Waals surface area contributed by atoms with E-state index in [0.717, 1.165) is 23.4 Å². The maximum atomic E-state index is 13.0. The standard InChI is InChI=1S/C16H13FN4O3S2/c1-8(26-16-19-12(22)6-13(23)20-16)14(24)21-15-18-11(7-25-15)9-2-4-10(17)5-3-9/h2-8H,1H3,(H,18,21,24)(H2,19,20,22,23). The quantitative estimate of drug-likeness (QED) is 0.455. The zero-order valence-corrected chi connectivity index (χ0v) is 15.0. The van der Waals surface area contributed by atoms with Crippen LogP contribution in [-0.4, -0.2) is 31.2 Å². The minimum absolute atomic E-state index is 0.142. The van der Waals surface area contributed by atoms with E-state index in [2.05, 4.69) is 20.3 Å². The van der Waals surface area contributed by atoms with Crippen LogP contribution in [-0.2, 0) is 4.79 Å². The highest BCUT2D eigenvalue weighted by Gasteiger charge is 2.18. The summed E-state index contributed by atoms with van der Waals surface area (Å²) in [4.78, 5) is 34.1. The third kappa shape index (κ3) is 4.46. The van der Waals surface area contributed by atoms with Crippen molar-refractivity contribution >= 4 is 34.1 Å². The Labute approximate surface area is 155 Å². The summed E-state index contributed by atoms with van der Waals surface area (Å²) in [6.45, 7) is 1.64. The molecule has 1 amide bonds. The minimum Gasteiger partial charge on any atom is -0.493 e. The summed E-state index contributed by atoms with van der Waals surface area (Å²) >= 11 is 2.25. The third-order valence-electron chi connectivity index (χ3n) is 3.24. The molecule has 0 fully saturated rings. The molecule has 0 aliphatic rings. The molecule has 26 heavy (non-hydrogen) atoms. The van der Waals surface area contributed by atoms with E-state index in [1.165, 1.54) is 23.5 Å². The molecular formula is C16H13FN4O3S2. The second-order valence-electron chi connectivity index (χ2n) is 5.20. The van der Waals surface area contributed by atoms with Crippen LogP contribution in [0, 0.1) is 5.82 Å². The maximum Gasteiger partial charge on any atom is 0.255 e. The van der Waals surface area contributed by atoms with E-state index in [-0.39, 0.29) is 16.9 Å². The van der Waals surface area contributed by atoms with E-state index in [1.54, 1.807) is 24.4 Å². The minimum atomic E-state index is -0.585. The number of aromatic hydroxyl groups is 1. The van der Waals surface area contributed by atoms with Crippen molar-refractivity contribution in [3.8, 4) is 17.1 Å². The van der Waals surface area contributed by atoms with Crippen LogP contribution >= 0.6 is 23.1 Å². The van der Waals surface area contributed by atoms with Gasteiger partial charge in [0, 0.05) is 10.9 Å². The van der Waals surface area contributed by atoms with Crippen LogP contribution in [0.15, 0.2) is 45.7 Å². The fraction of sp³-hybridized carbons (Fsp3) is 0.125. The van der Waals surface area contributed by atoms with Gasteiger partial charge in [-0.15, -0.1) is 11.3 Å². The highest BCUT2D eigenvalue weighted by molar-refractivity contribution is 8.00. The number of nitrogens with one attached hydrogen (secondary N) is 2. The second-order valence-corrected chi connectivity index (χ2v) is 7.39. The normalized spacial score (nSPS) is 11.9. The number of aromatic amines is 1. The highest BCUT2D eigenvalue weighted by atomic mass is 32.2. The maximum absolute atomic E-state index is 13.0. The van der Waals surface area contributed by atoms with Crippen molar-refractivity contribution in [2.45, 2.75) is 17.3 Å². The number of hydrogen-bond acceptors (Lipinski definition) is 7. The van der Waals surface area contributed by atoms with Crippen LogP contribution in [0.1, 0.15) is 6.92 Å². The zero-order chi connectivity index (χ0) is 18.7. The number of carbonyl (C=O) groups is 1. The van der Waals surface area contributed by atoms with Gasteiger partial charge >= 0.3 is 0 Å². The molecule has 0 aliphatic heterocycles. The molecule has 0 saturated carbocycles. The van der Waals surface area contributed by atoms with Crippen LogP contribution in [0.2, 0.25) is 0 Å². The van der Waals surface area contributed by atoms with Crippen molar-refractivity contribution in [3.05, 3.63) is 51.9 Å². The van der Waals surface area contributed by atoms with Gasteiger partial charge < -0.3 is 15.4 Å². The van der Waals surface area contributed by atoms with Gasteiger partial charge in [0.15, 0.2) is 10.3 Å². The fourth-order valence-corrected chi connectivity index (χ4v) is 3.52. The Bertz CT molecular complexity index is 988. The number of aromatic nitrogens is 3. The molecule has 134 valence electrons. The van der Waals surface area contributed by atoms with Crippen molar-refractivity contribution in [1.29, 1.82) is 0 Å². The van der Waals surface area contributed by atoms with Crippen LogP contribution in [0.3, 0.4) is 0 Å². The summed E-state index contributed by atoms with van der Waals surface area (Å²) < 4.78 is 13.0. The molecule has 0 aliphatic carbocycles. The van der Waals surface area contributed by atoms with E-state index in [0.29, 0.717) is 10.8 Å². The van der Waals surface area contributed by atoms with Crippen LogP contribution < -0.4 is 10.9 Å². The van der Waals surface area contributed by atoms with E-state index in [9.17, 15) is 19.1 Å². The molecule has 1 atom stereocenters. The third-order valence-corrected chi connectivity index (χ3v) is 4.98. The molecule has 0 bridgehead atoms. The largest absolute Gasteiger partial charge is 0.493 e. The molecule has 3 N–H and O–H groups in total. The number of nitrogens with zero attached hydrogens (tertiary/aromatic N) is 2. The Balaban J connectivity index is 1.66. The lowest BCUT2D eigenvalue weighted by Gasteiger charge is -2.09. The van der Waals surface area contributed by atoms with Gasteiger partial charge in [-0.2, -0.15) is 4.98 Å². The average Bonchev–Trinajstić information content (AvgIpc) is 3.03. The first-order chi connectivity index (χ1) is 12.4. The van der Waals surface area contributed by atoms with Crippen molar-refractivity contribution in [1.82, 2.24) is 15.0 Å². The molecule has 2 aromatic heterocycles. The van der Waals surface area contributed by atoms with E-state index in [1.807, 2.05) is 0 Å². The number of carbonyl (C=O) groups excluding carboxylic acids is 1. The summed E-state index contributed by atoms with van der Waals surface area (Å²) in [6.07, 6.45) is 0. The Morgan fingerprint density at radius 2 is 2.08 bits per heavy atom. The number of anilines is 1. The number of rotatable bonds is 5. The van der Waals surface area contributed by atoms with Gasteiger partial charge in [0.2, 0.25) is 11.8 Å². The topological polar surface area (TPSA) is 108 Å². The lowest BCUT2D eigenvalue weighted by atomic mass is 10.2. The van der Waals surface area contributed by atoms with Crippen molar-refractivity contribution in [3.63, 3.8) is 0 Å². The summed E-state index contributed by atoms with van der Waals surface area (Å²) in [6, 6.07) is 6.85. The lowest BCUT2D eigenvalue weighted by molar-refractivity contribution is -0.115. The van der Waals surface area contributed by atoms with Gasteiger partial charge in [-0.1, -0.05) is 11.8 Å². The lowest BCUT2D eigenvalue weighted by Crippen LogP contribution is -2.23. The SMILES string of the molecule is CC(Sc1nc(O)cc(=O)[nH]1)C(=O)Nc1nc(-c2ccc(F)cc2)cs1. The first-order valence-corrected chi connectivity index (χ1v) is 9.16. The molecule has 7 nitrogen and oxygen atoms in total.